The highest BCUT2D eigenvalue weighted by atomic mass is 16.5. The zero-order chi connectivity index (χ0) is 12.7. The van der Waals surface area contributed by atoms with E-state index in [9.17, 15) is 0 Å². The maximum Gasteiger partial charge on any atom is 0.0597 e. The molecule has 1 saturated heterocycles. The summed E-state index contributed by atoms with van der Waals surface area (Å²) in [7, 11) is 2.15. The highest BCUT2D eigenvalue weighted by molar-refractivity contribution is 4.91. The average Bonchev–Trinajstić information content (AvgIpc) is 2.54. The Morgan fingerprint density at radius 2 is 2.12 bits per heavy atom. The van der Waals surface area contributed by atoms with Crippen LogP contribution in [0.3, 0.4) is 0 Å². The first kappa shape index (κ1) is 14.9. The van der Waals surface area contributed by atoms with Crippen LogP contribution < -0.4 is 5.73 Å². The van der Waals surface area contributed by atoms with E-state index in [4.69, 9.17) is 15.2 Å². The molecule has 4 nitrogen and oxygen atoms in total. The summed E-state index contributed by atoms with van der Waals surface area (Å²) in [5.41, 5.74) is 6.11. The van der Waals surface area contributed by atoms with Crippen LogP contribution >= 0.6 is 0 Å². The summed E-state index contributed by atoms with van der Waals surface area (Å²) in [6.07, 6.45) is 3.56. The molecule has 0 aliphatic carbocycles. The lowest BCUT2D eigenvalue weighted by atomic mass is 9.89. The van der Waals surface area contributed by atoms with Crippen LogP contribution in [-0.2, 0) is 9.47 Å². The van der Waals surface area contributed by atoms with Crippen LogP contribution in [0.25, 0.3) is 0 Å². The molecule has 0 bridgehead atoms. The Hall–Kier alpha value is -0.160. The molecular formula is C13H28N2O2. The Kier molecular flexibility index (Phi) is 6.41. The van der Waals surface area contributed by atoms with Gasteiger partial charge < -0.3 is 15.2 Å². The number of likely N-dealkylation sites (N-methyl/N-ethyl adjacent to an activating group) is 1. The van der Waals surface area contributed by atoms with Crippen molar-refractivity contribution in [1.82, 2.24) is 4.90 Å². The number of rotatable bonds is 6. The lowest BCUT2D eigenvalue weighted by Crippen LogP contribution is -2.53. The smallest absolute Gasteiger partial charge is 0.0597 e. The van der Waals surface area contributed by atoms with Crippen LogP contribution in [0, 0.1) is 0 Å². The van der Waals surface area contributed by atoms with Crippen LogP contribution in [0.1, 0.15) is 33.1 Å². The van der Waals surface area contributed by atoms with Crippen molar-refractivity contribution in [1.29, 1.82) is 0 Å². The first-order valence-electron chi connectivity index (χ1n) is 6.71. The van der Waals surface area contributed by atoms with Gasteiger partial charge in [0.05, 0.1) is 12.7 Å². The van der Waals surface area contributed by atoms with Crippen molar-refractivity contribution in [2.75, 3.05) is 40.0 Å². The van der Waals surface area contributed by atoms with Gasteiger partial charge >= 0.3 is 0 Å². The molecule has 0 aromatic heterocycles. The summed E-state index contributed by atoms with van der Waals surface area (Å²) in [5, 5.41) is 0. The molecule has 17 heavy (non-hydrogen) atoms. The molecule has 2 N–H and O–H groups in total. The van der Waals surface area contributed by atoms with E-state index in [0.29, 0.717) is 12.6 Å². The molecule has 0 amide bonds. The predicted molar refractivity (Wildman–Crippen MR) is 70.2 cm³/mol. The molecule has 1 heterocycles. The van der Waals surface area contributed by atoms with Gasteiger partial charge in [-0.05, 0) is 40.2 Å². The zero-order valence-electron chi connectivity index (χ0n) is 11.6. The molecule has 4 heteroatoms. The van der Waals surface area contributed by atoms with Gasteiger partial charge in [0.2, 0.25) is 0 Å². The first-order chi connectivity index (χ1) is 8.10. The van der Waals surface area contributed by atoms with Gasteiger partial charge in [-0.15, -0.1) is 0 Å². The Bertz CT molecular complexity index is 202. The Balaban J connectivity index is 2.46. The van der Waals surface area contributed by atoms with Gasteiger partial charge in [-0.2, -0.15) is 0 Å². The minimum Gasteiger partial charge on any atom is -0.381 e. The highest BCUT2D eigenvalue weighted by Crippen LogP contribution is 2.26. The first-order valence-corrected chi connectivity index (χ1v) is 6.71. The molecule has 0 saturated carbocycles. The quantitative estimate of drug-likeness (QED) is 0.764. The maximum absolute atomic E-state index is 6.00. The van der Waals surface area contributed by atoms with E-state index in [1.807, 2.05) is 0 Å². The fourth-order valence-electron chi connectivity index (χ4n) is 2.40. The van der Waals surface area contributed by atoms with Crippen molar-refractivity contribution in [2.24, 2.45) is 5.73 Å². The Morgan fingerprint density at radius 1 is 1.35 bits per heavy atom. The summed E-state index contributed by atoms with van der Waals surface area (Å²) in [6, 6.07) is 0. The van der Waals surface area contributed by atoms with E-state index in [1.54, 1.807) is 0 Å². The minimum absolute atomic E-state index is 0.108. The van der Waals surface area contributed by atoms with Crippen molar-refractivity contribution in [3.8, 4) is 0 Å². The minimum atomic E-state index is 0.108. The molecule has 0 aromatic rings. The summed E-state index contributed by atoms with van der Waals surface area (Å²) < 4.78 is 11.1. The van der Waals surface area contributed by atoms with Crippen LogP contribution in [0.2, 0.25) is 0 Å². The summed E-state index contributed by atoms with van der Waals surface area (Å²) in [6.45, 7) is 8.25. The van der Waals surface area contributed by atoms with E-state index >= 15 is 0 Å². The average molecular weight is 244 g/mol. The number of hydrogen-bond acceptors (Lipinski definition) is 4. The third-order valence-electron chi connectivity index (χ3n) is 3.71. The molecule has 0 spiro atoms. The van der Waals surface area contributed by atoms with Gasteiger partial charge in [-0.25, -0.2) is 0 Å². The van der Waals surface area contributed by atoms with Crippen LogP contribution in [0.15, 0.2) is 0 Å². The maximum atomic E-state index is 6.00. The second-order valence-corrected chi connectivity index (χ2v) is 5.24. The Labute approximate surface area is 105 Å². The zero-order valence-corrected chi connectivity index (χ0v) is 11.6. The fourth-order valence-corrected chi connectivity index (χ4v) is 2.40. The van der Waals surface area contributed by atoms with Crippen molar-refractivity contribution < 1.29 is 9.47 Å². The SMILES string of the molecule is CC(C)OCCN(C)C1(CN)CCCOCC1. The summed E-state index contributed by atoms with van der Waals surface area (Å²) in [4.78, 5) is 2.37. The largest absolute Gasteiger partial charge is 0.381 e. The lowest BCUT2D eigenvalue weighted by Gasteiger charge is -2.40. The number of hydrogen-bond donors (Lipinski definition) is 1. The van der Waals surface area contributed by atoms with Crippen LogP contribution in [-0.4, -0.2) is 56.5 Å². The van der Waals surface area contributed by atoms with E-state index in [-0.39, 0.29) is 5.54 Å². The molecule has 1 aliphatic heterocycles. The highest BCUT2D eigenvalue weighted by Gasteiger charge is 2.33. The topological polar surface area (TPSA) is 47.7 Å². The van der Waals surface area contributed by atoms with Gasteiger partial charge in [-0.1, -0.05) is 0 Å². The van der Waals surface area contributed by atoms with Gasteiger partial charge in [0.25, 0.3) is 0 Å². The Morgan fingerprint density at radius 3 is 2.76 bits per heavy atom. The lowest BCUT2D eigenvalue weighted by molar-refractivity contribution is 0.0272. The standard InChI is InChI=1S/C13H28N2O2/c1-12(2)17-10-7-15(3)13(11-14)5-4-8-16-9-6-13/h12H,4-11,14H2,1-3H3. The number of nitrogens with zero attached hydrogens (tertiary/aromatic N) is 1. The third kappa shape index (κ3) is 4.54. The molecule has 1 fully saturated rings. The van der Waals surface area contributed by atoms with Gasteiger partial charge in [0, 0.05) is 31.8 Å². The monoisotopic (exact) mass is 244 g/mol. The van der Waals surface area contributed by atoms with Gasteiger partial charge in [0.1, 0.15) is 0 Å². The number of nitrogens with two attached hydrogens (primary N) is 1. The normalized spacial score (nSPS) is 26.5. The molecule has 0 aromatic carbocycles. The van der Waals surface area contributed by atoms with E-state index < -0.39 is 0 Å². The fraction of sp³-hybridized carbons (Fsp3) is 1.00. The second-order valence-electron chi connectivity index (χ2n) is 5.24. The van der Waals surface area contributed by atoms with Gasteiger partial charge in [0.15, 0.2) is 0 Å². The van der Waals surface area contributed by atoms with Crippen molar-refractivity contribution in [3.05, 3.63) is 0 Å². The van der Waals surface area contributed by atoms with Crippen LogP contribution in [0.5, 0.6) is 0 Å². The summed E-state index contributed by atoms with van der Waals surface area (Å²) >= 11 is 0. The molecule has 1 aliphatic rings. The molecule has 1 atom stereocenters. The molecule has 102 valence electrons. The van der Waals surface area contributed by atoms with E-state index in [1.165, 1.54) is 0 Å². The number of ether oxygens (including phenoxy) is 2. The van der Waals surface area contributed by atoms with Crippen molar-refractivity contribution >= 4 is 0 Å². The molecule has 1 unspecified atom stereocenters. The van der Waals surface area contributed by atoms with E-state index in [0.717, 1.165) is 45.6 Å². The molecule has 1 rings (SSSR count). The van der Waals surface area contributed by atoms with E-state index in [2.05, 4.69) is 25.8 Å². The second kappa shape index (κ2) is 7.31. The van der Waals surface area contributed by atoms with Crippen molar-refractivity contribution in [3.63, 3.8) is 0 Å². The summed E-state index contributed by atoms with van der Waals surface area (Å²) in [5.74, 6) is 0. The van der Waals surface area contributed by atoms with Gasteiger partial charge in [-0.3, -0.25) is 4.90 Å². The van der Waals surface area contributed by atoms with Crippen LogP contribution in [0.4, 0.5) is 0 Å². The van der Waals surface area contributed by atoms with Crippen molar-refractivity contribution in [2.45, 2.75) is 44.8 Å². The molecular weight excluding hydrogens is 216 g/mol. The third-order valence-corrected chi connectivity index (χ3v) is 3.71. The predicted octanol–water partition coefficient (Wildman–Crippen LogP) is 1.24. The molecule has 0 radical (unpaired) electrons.